The highest BCUT2D eigenvalue weighted by molar-refractivity contribution is 6.29. The number of nitrogens with zero attached hydrogens (tertiary/aromatic N) is 2. The van der Waals surface area contributed by atoms with Crippen LogP contribution >= 0.6 is 11.6 Å². The Morgan fingerprint density at radius 3 is 2.88 bits per heavy atom. The molecule has 0 saturated heterocycles. The van der Waals surface area contributed by atoms with Crippen molar-refractivity contribution in [3.8, 4) is 0 Å². The Labute approximate surface area is 144 Å². The Morgan fingerprint density at radius 1 is 1.21 bits per heavy atom. The van der Waals surface area contributed by atoms with Crippen LogP contribution in [-0.4, -0.2) is 29.9 Å². The fourth-order valence-corrected chi connectivity index (χ4v) is 2.90. The number of carbonyl (C=O) groups excluding carboxylic acids is 2. The van der Waals surface area contributed by atoms with Crippen LogP contribution in [0.2, 0.25) is 5.15 Å². The fourth-order valence-electron chi connectivity index (χ4n) is 2.73. The van der Waals surface area contributed by atoms with Gasteiger partial charge in [-0.2, -0.15) is 0 Å². The van der Waals surface area contributed by atoms with Gasteiger partial charge in [-0.15, -0.1) is 0 Å². The average Bonchev–Trinajstić information content (AvgIpc) is 2.60. The third kappa shape index (κ3) is 3.83. The highest BCUT2D eigenvalue weighted by Crippen LogP contribution is 2.26. The van der Waals surface area contributed by atoms with Crippen molar-refractivity contribution in [2.45, 2.75) is 12.8 Å². The predicted molar refractivity (Wildman–Crippen MR) is 91.8 cm³/mol. The van der Waals surface area contributed by atoms with Crippen molar-refractivity contribution in [2.75, 3.05) is 18.0 Å². The molecule has 7 heteroatoms. The lowest BCUT2D eigenvalue weighted by Gasteiger charge is -2.30. The number of halogens is 1. The molecule has 0 aliphatic carbocycles. The third-order valence-corrected chi connectivity index (χ3v) is 4.05. The minimum Gasteiger partial charge on any atom is -0.362 e. The molecule has 1 aromatic carbocycles. The molecule has 2 aromatic rings. The molecular formula is C17H17ClN4O2. The summed E-state index contributed by atoms with van der Waals surface area (Å²) in [5.41, 5.74) is 7.47. The second-order valence-corrected chi connectivity index (χ2v) is 5.91. The summed E-state index contributed by atoms with van der Waals surface area (Å²) >= 11 is 5.74. The van der Waals surface area contributed by atoms with Crippen LogP contribution in [0.1, 0.15) is 22.3 Å². The van der Waals surface area contributed by atoms with Crippen molar-refractivity contribution in [3.05, 3.63) is 58.9 Å². The number of para-hydroxylation sites is 1. The van der Waals surface area contributed by atoms with E-state index in [1.54, 1.807) is 0 Å². The summed E-state index contributed by atoms with van der Waals surface area (Å²) in [4.78, 5) is 29.9. The molecule has 0 unspecified atom stereocenters. The fraction of sp³-hybridized carbons (Fsp3) is 0.235. The normalized spacial score (nSPS) is 13.1. The van der Waals surface area contributed by atoms with E-state index in [0.29, 0.717) is 5.56 Å². The van der Waals surface area contributed by atoms with Gasteiger partial charge in [0.1, 0.15) is 5.15 Å². The van der Waals surface area contributed by atoms with E-state index >= 15 is 0 Å². The van der Waals surface area contributed by atoms with E-state index in [1.807, 2.05) is 23.1 Å². The molecule has 124 valence electrons. The van der Waals surface area contributed by atoms with Gasteiger partial charge in [0.05, 0.1) is 6.54 Å². The van der Waals surface area contributed by atoms with Crippen molar-refractivity contribution in [1.82, 2.24) is 15.8 Å². The van der Waals surface area contributed by atoms with E-state index in [0.717, 1.165) is 25.1 Å². The van der Waals surface area contributed by atoms with E-state index in [1.165, 1.54) is 23.9 Å². The minimum absolute atomic E-state index is 0.189. The number of carbonyl (C=O) groups is 2. The highest BCUT2D eigenvalue weighted by atomic mass is 35.5. The van der Waals surface area contributed by atoms with Gasteiger partial charge in [0.15, 0.2) is 0 Å². The molecule has 2 heterocycles. The number of hydrogen-bond acceptors (Lipinski definition) is 4. The number of hydrazine groups is 1. The highest BCUT2D eigenvalue weighted by Gasteiger charge is 2.18. The number of amides is 2. The number of aromatic nitrogens is 1. The molecule has 1 aliphatic rings. The number of anilines is 1. The van der Waals surface area contributed by atoms with Gasteiger partial charge in [0, 0.05) is 24.0 Å². The number of fused-ring (bicyclic) bond motifs is 1. The number of benzene rings is 1. The van der Waals surface area contributed by atoms with Crippen LogP contribution in [0.5, 0.6) is 0 Å². The maximum Gasteiger partial charge on any atom is 0.269 e. The zero-order valence-electron chi connectivity index (χ0n) is 13.0. The lowest BCUT2D eigenvalue weighted by atomic mass is 10.0. The monoisotopic (exact) mass is 344 g/mol. The summed E-state index contributed by atoms with van der Waals surface area (Å²) in [5.74, 6) is -0.716. The SMILES string of the molecule is O=C(CN1CCCc2ccccc21)NNC(=O)c1ccnc(Cl)c1. The first-order valence-electron chi connectivity index (χ1n) is 7.67. The summed E-state index contributed by atoms with van der Waals surface area (Å²) in [5, 5.41) is 0.221. The van der Waals surface area contributed by atoms with Crippen LogP contribution in [0.15, 0.2) is 42.6 Å². The summed E-state index contributed by atoms with van der Waals surface area (Å²) in [6, 6.07) is 11.0. The third-order valence-electron chi connectivity index (χ3n) is 3.85. The lowest BCUT2D eigenvalue weighted by Crippen LogP contribution is -2.47. The number of pyridine rings is 1. The van der Waals surface area contributed by atoms with Crippen LogP contribution in [0, 0.1) is 0 Å². The number of aryl methyl sites for hydroxylation is 1. The van der Waals surface area contributed by atoms with Crippen LogP contribution in [0.3, 0.4) is 0 Å². The Morgan fingerprint density at radius 2 is 2.04 bits per heavy atom. The quantitative estimate of drug-likeness (QED) is 0.659. The molecule has 6 nitrogen and oxygen atoms in total. The summed E-state index contributed by atoms with van der Waals surface area (Å²) in [6.45, 7) is 1.01. The van der Waals surface area contributed by atoms with Crippen LogP contribution in [0.4, 0.5) is 5.69 Å². The number of rotatable bonds is 3. The van der Waals surface area contributed by atoms with Crippen molar-refractivity contribution >= 4 is 29.1 Å². The van der Waals surface area contributed by atoms with Gasteiger partial charge in [-0.3, -0.25) is 20.4 Å². The average molecular weight is 345 g/mol. The van der Waals surface area contributed by atoms with E-state index in [4.69, 9.17) is 11.6 Å². The second-order valence-electron chi connectivity index (χ2n) is 5.52. The first-order chi connectivity index (χ1) is 11.6. The largest absolute Gasteiger partial charge is 0.362 e. The summed E-state index contributed by atoms with van der Waals surface area (Å²) < 4.78 is 0. The van der Waals surface area contributed by atoms with Crippen LogP contribution < -0.4 is 15.8 Å². The minimum atomic E-state index is -0.438. The van der Waals surface area contributed by atoms with Crippen LogP contribution in [0.25, 0.3) is 0 Å². The topological polar surface area (TPSA) is 74.3 Å². The standard InChI is InChI=1S/C17H17ClN4O2/c18-15-10-13(7-8-19-15)17(24)21-20-16(23)11-22-9-3-5-12-4-1-2-6-14(12)22/h1-2,4,6-8,10H,3,5,9,11H2,(H,20,23)(H,21,24). The predicted octanol–water partition coefficient (Wildman–Crippen LogP) is 1.95. The molecule has 2 amide bonds. The zero-order chi connectivity index (χ0) is 16.9. The molecule has 0 fully saturated rings. The van der Waals surface area contributed by atoms with Gasteiger partial charge < -0.3 is 4.90 Å². The zero-order valence-corrected chi connectivity index (χ0v) is 13.7. The van der Waals surface area contributed by atoms with E-state index in [-0.39, 0.29) is 17.6 Å². The van der Waals surface area contributed by atoms with Gasteiger partial charge in [-0.25, -0.2) is 4.98 Å². The molecule has 24 heavy (non-hydrogen) atoms. The number of hydrogen-bond donors (Lipinski definition) is 2. The first-order valence-corrected chi connectivity index (χ1v) is 8.05. The molecule has 0 atom stereocenters. The summed E-state index contributed by atoms with van der Waals surface area (Å²) in [6.07, 6.45) is 3.46. The smallest absolute Gasteiger partial charge is 0.269 e. The second kappa shape index (κ2) is 7.31. The van der Waals surface area contributed by atoms with Gasteiger partial charge >= 0.3 is 0 Å². The molecule has 0 bridgehead atoms. The molecule has 1 aliphatic heterocycles. The van der Waals surface area contributed by atoms with Gasteiger partial charge in [0.2, 0.25) is 0 Å². The number of nitrogens with one attached hydrogen (secondary N) is 2. The Balaban J connectivity index is 1.56. The Hall–Kier alpha value is -2.60. The Bertz CT molecular complexity index is 766. The van der Waals surface area contributed by atoms with Crippen LogP contribution in [-0.2, 0) is 11.2 Å². The molecule has 2 N–H and O–H groups in total. The van der Waals surface area contributed by atoms with Gasteiger partial charge in [0.25, 0.3) is 11.8 Å². The molecule has 0 saturated carbocycles. The van der Waals surface area contributed by atoms with Crippen molar-refractivity contribution < 1.29 is 9.59 Å². The molecule has 0 radical (unpaired) electrons. The maximum atomic E-state index is 12.1. The van der Waals surface area contributed by atoms with Crippen molar-refractivity contribution in [2.24, 2.45) is 0 Å². The van der Waals surface area contributed by atoms with Crippen molar-refractivity contribution in [1.29, 1.82) is 0 Å². The van der Waals surface area contributed by atoms with E-state index < -0.39 is 5.91 Å². The lowest BCUT2D eigenvalue weighted by molar-refractivity contribution is -0.120. The molecular weight excluding hydrogens is 328 g/mol. The Kier molecular flexibility index (Phi) is 4.96. The van der Waals surface area contributed by atoms with E-state index in [9.17, 15) is 9.59 Å². The van der Waals surface area contributed by atoms with Gasteiger partial charge in [-0.05, 0) is 36.6 Å². The maximum absolute atomic E-state index is 12.1. The first kappa shape index (κ1) is 16.3. The molecule has 3 rings (SSSR count). The van der Waals surface area contributed by atoms with Crippen molar-refractivity contribution in [3.63, 3.8) is 0 Å². The molecule has 0 spiro atoms. The summed E-state index contributed by atoms with van der Waals surface area (Å²) in [7, 11) is 0. The molecule has 1 aromatic heterocycles. The van der Waals surface area contributed by atoms with Gasteiger partial charge in [-0.1, -0.05) is 29.8 Å². The van der Waals surface area contributed by atoms with E-state index in [2.05, 4.69) is 21.9 Å².